The van der Waals surface area contributed by atoms with Crippen LogP contribution in [0.2, 0.25) is 0 Å². The second kappa shape index (κ2) is 5.06. The van der Waals surface area contributed by atoms with Crippen molar-refractivity contribution in [2.75, 3.05) is 25.4 Å². The number of rotatable bonds is 3. The lowest BCUT2D eigenvalue weighted by atomic mass is 9.84. The molecule has 0 bridgehead atoms. The Morgan fingerprint density at radius 1 is 1.38 bits per heavy atom. The van der Waals surface area contributed by atoms with Crippen LogP contribution in [-0.2, 0) is 0 Å². The summed E-state index contributed by atoms with van der Waals surface area (Å²) >= 11 is 4.15. The van der Waals surface area contributed by atoms with E-state index in [1.54, 1.807) is 0 Å². The molecule has 1 saturated heterocycles. The maximum atomic E-state index is 4.15. The first-order valence-corrected chi connectivity index (χ1v) is 5.75. The minimum absolute atomic E-state index is 0.521. The van der Waals surface area contributed by atoms with Crippen molar-refractivity contribution in [3.63, 3.8) is 0 Å². The third kappa shape index (κ3) is 4.19. The predicted octanol–water partition coefficient (Wildman–Crippen LogP) is 2.59. The Labute approximate surface area is 87.6 Å². The molecule has 1 aliphatic heterocycles. The quantitative estimate of drug-likeness (QED) is 0.540. The van der Waals surface area contributed by atoms with E-state index in [0.717, 1.165) is 12.3 Å². The maximum absolute atomic E-state index is 4.15. The molecule has 0 spiro atoms. The van der Waals surface area contributed by atoms with Gasteiger partial charge in [0.05, 0.1) is 0 Å². The number of piperidine rings is 1. The highest BCUT2D eigenvalue weighted by Gasteiger charge is 2.25. The van der Waals surface area contributed by atoms with Crippen LogP contribution < -0.4 is 0 Å². The molecule has 1 aliphatic rings. The van der Waals surface area contributed by atoms with Crippen LogP contribution in [0.1, 0.15) is 26.7 Å². The van der Waals surface area contributed by atoms with Gasteiger partial charge in [-0.2, -0.15) is 12.6 Å². The Balaban J connectivity index is 2.30. The fraction of sp³-hybridized carbons (Fsp3) is 0.818. The van der Waals surface area contributed by atoms with E-state index in [4.69, 9.17) is 0 Å². The second-order valence-corrected chi connectivity index (χ2v) is 5.02. The standard InChI is InChI=1S/C11H21NS/c1-11(2)6-5-8-12(10-11)7-3-4-9-13/h3-4,13H,5-10H2,1-2H3. The second-order valence-electron chi connectivity index (χ2n) is 4.66. The first-order valence-electron chi connectivity index (χ1n) is 5.12. The lowest BCUT2D eigenvalue weighted by molar-refractivity contribution is 0.129. The molecule has 13 heavy (non-hydrogen) atoms. The van der Waals surface area contributed by atoms with Gasteiger partial charge in [0.2, 0.25) is 0 Å². The van der Waals surface area contributed by atoms with E-state index >= 15 is 0 Å². The highest BCUT2D eigenvalue weighted by atomic mass is 32.1. The van der Waals surface area contributed by atoms with E-state index in [1.165, 1.54) is 25.9 Å². The molecule has 0 saturated carbocycles. The van der Waals surface area contributed by atoms with Gasteiger partial charge in [0.25, 0.3) is 0 Å². The van der Waals surface area contributed by atoms with Crippen LogP contribution in [0, 0.1) is 5.41 Å². The van der Waals surface area contributed by atoms with Gasteiger partial charge in [-0.05, 0) is 24.8 Å². The third-order valence-electron chi connectivity index (χ3n) is 2.62. The van der Waals surface area contributed by atoms with Crippen LogP contribution in [0.5, 0.6) is 0 Å². The summed E-state index contributed by atoms with van der Waals surface area (Å²) in [5, 5.41) is 0. The molecule has 1 nitrogen and oxygen atoms in total. The summed E-state index contributed by atoms with van der Waals surface area (Å²) in [7, 11) is 0. The average molecular weight is 199 g/mol. The van der Waals surface area contributed by atoms with Crippen molar-refractivity contribution >= 4 is 12.6 Å². The topological polar surface area (TPSA) is 3.24 Å². The van der Waals surface area contributed by atoms with E-state index in [0.29, 0.717) is 5.41 Å². The minimum atomic E-state index is 0.521. The Kier molecular flexibility index (Phi) is 4.33. The molecule has 1 rings (SSSR count). The monoisotopic (exact) mass is 199 g/mol. The van der Waals surface area contributed by atoms with Crippen molar-refractivity contribution in [1.82, 2.24) is 4.90 Å². The van der Waals surface area contributed by atoms with Gasteiger partial charge in [-0.25, -0.2) is 0 Å². The van der Waals surface area contributed by atoms with Crippen LogP contribution in [-0.4, -0.2) is 30.3 Å². The van der Waals surface area contributed by atoms with E-state index in [1.807, 2.05) is 0 Å². The lowest BCUT2D eigenvalue weighted by Crippen LogP contribution is -2.39. The molecule has 0 amide bonds. The Morgan fingerprint density at radius 2 is 2.15 bits per heavy atom. The van der Waals surface area contributed by atoms with Crippen molar-refractivity contribution in [2.45, 2.75) is 26.7 Å². The van der Waals surface area contributed by atoms with Gasteiger partial charge in [-0.1, -0.05) is 26.0 Å². The number of hydrogen-bond acceptors (Lipinski definition) is 2. The largest absolute Gasteiger partial charge is 0.299 e. The smallest absolute Gasteiger partial charge is 0.0163 e. The van der Waals surface area contributed by atoms with Gasteiger partial charge in [0.15, 0.2) is 0 Å². The molecule has 1 heterocycles. The number of nitrogens with zero attached hydrogens (tertiary/aromatic N) is 1. The molecule has 0 radical (unpaired) electrons. The Bertz CT molecular complexity index is 175. The zero-order valence-corrected chi connectivity index (χ0v) is 9.69. The van der Waals surface area contributed by atoms with E-state index in [-0.39, 0.29) is 0 Å². The molecule has 1 fully saturated rings. The van der Waals surface area contributed by atoms with Crippen LogP contribution in [0.4, 0.5) is 0 Å². The summed E-state index contributed by atoms with van der Waals surface area (Å²) in [6.07, 6.45) is 7.08. The summed E-state index contributed by atoms with van der Waals surface area (Å²) in [6.45, 7) is 8.33. The summed E-state index contributed by atoms with van der Waals surface area (Å²) in [6, 6.07) is 0. The molecule has 0 unspecified atom stereocenters. The van der Waals surface area contributed by atoms with Crippen LogP contribution in [0.25, 0.3) is 0 Å². The lowest BCUT2D eigenvalue weighted by Gasteiger charge is -2.37. The summed E-state index contributed by atoms with van der Waals surface area (Å²) in [4.78, 5) is 2.53. The van der Waals surface area contributed by atoms with Crippen molar-refractivity contribution in [1.29, 1.82) is 0 Å². The number of hydrogen-bond donors (Lipinski definition) is 1. The van der Waals surface area contributed by atoms with Crippen molar-refractivity contribution in [3.8, 4) is 0 Å². The van der Waals surface area contributed by atoms with Crippen LogP contribution in [0.15, 0.2) is 12.2 Å². The van der Waals surface area contributed by atoms with Gasteiger partial charge < -0.3 is 0 Å². The molecule has 0 aromatic heterocycles. The molecule has 0 atom stereocenters. The van der Waals surface area contributed by atoms with E-state index in [9.17, 15) is 0 Å². The summed E-state index contributed by atoms with van der Waals surface area (Å²) in [5.74, 6) is 0.858. The molecule has 0 aliphatic carbocycles. The van der Waals surface area contributed by atoms with Gasteiger partial charge in [0.1, 0.15) is 0 Å². The first-order chi connectivity index (χ1) is 6.14. The summed E-state index contributed by atoms with van der Waals surface area (Å²) < 4.78 is 0. The zero-order chi connectivity index (χ0) is 9.73. The SMILES string of the molecule is CC1(C)CCCN(CC=CCS)C1. The van der Waals surface area contributed by atoms with Crippen molar-refractivity contribution in [3.05, 3.63) is 12.2 Å². The Hall–Kier alpha value is 0.0500. The molecular weight excluding hydrogens is 178 g/mol. The molecule has 0 aromatic carbocycles. The van der Waals surface area contributed by atoms with E-state index < -0.39 is 0 Å². The highest BCUT2D eigenvalue weighted by Crippen LogP contribution is 2.27. The highest BCUT2D eigenvalue weighted by molar-refractivity contribution is 7.80. The molecule has 2 heteroatoms. The number of thiol groups is 1. The van der Waals surface area contributed by atoms with Gasteiger partial charge in [-0.3, -0.25) is 4.90 Å². The normalized spacial score (nSPS) is 23.9. The predicted molar refractivity (Wildman–Crippen MR) is 62.4 cm³/mol. The fourth-order valence-corrected chi connectivity index (χ4v) is 2.15. The maximum Gasteiger partial charge on any atom is 0.0163 e. The summed E-state index contributed by atoms with van der Waals surface area (Å²) in [5.41, 5.74) is 0.521. The van der Waals surface area contributed by atoms with Crippen LogP contribution in [0.3, 0.4) is 0 Å². The molecular formula is C11H21NS. The van der Waals surface area contributed by atoms with Gasteiger partial charge >= 0.3 is 0 Å². The zero-order valence-electron chi connectivity index (χ0n) is 8.79. The molecule has 0 aromatic rings. The third-order valence-corrected chi connectivity index (χ3v) is 2.83. The van der Waals surface area contributed by atoms with E-state index in [2.05, 4.69) is 43.5 Å². The fourth-order valence-electron chi connectivity index (χ4n) is 2.00. The van der Waals surface area contributed by atoms with Crippen LogP contribution >= 0.6 is 12.6 Å². The minimum Gasteiger partial charge on any atom is -0.299 e. The molecule has 76 valence electrons. The van der Waals surface area contributed by atoms with Gasteiger partial charge in [0, 0.05) is 18.8 Å². The van der Waals surface area contributed by atoms with Crippen molar-refractivity contribution in [2.24, 2.45) is 5.41 Å². The first kappa shape index (κ1) is 11.1. The Morgan fingerprint density at radius 3 is 2.77 bits per heavy atom. The van der Waals surface area contributed by atoms with Gasteiger partial charge in [-0.15, -0.1) is 0 Å². The number of likely N-dealkylation sites (tertiary alicyclic amines) is 1. The molecule has 0 N–H and O–H groups in total. The van der Waals surface area contributed by atoms with Crippen molar-refractivity contribution < 1.29 is 0 Å². The average Bonchev–Trinajstić information content (AvgIpc) is 2.03.